The predicted molar refractivity (Wildman–Crippen MR) is 77.9 cm³/mol. The van der Waals surface area contributed by atoms with Gasteiger partial charge in [0.25, 0.3) is 0 Å². The van der Waals surface area contributed by atoms with Gasteiger partial charge in [-0.1, -0.05) is 18.2 Å². The van der Waals surface area contributed by atoms with E-state index < -0.39 is 0 Å². The van der Waals surface area contributed by atoms with E-state index in [0.717, 1.165) is 18.8 Å². The molecule has 1 aromatic carbocycles. The molecule has 3 N–H and O–H groups in total. The number of nitrogens with one attached hydrogen (secondary N) is 1. The SMILES string of the molecule is COCCOCCN(CCC(=N)N)c1ccccc1. The molecular weight excluding hydrogens is 242 g/mol. The molecule has 106 valence electrons. The van der Waals surface area contributed by atoms with Crippen molar-refractivity contribution in [3.63, 3.8) is 0 Å². The van der Waals surface area contributed by atoms with E-state index >= 15 is 0 Å². The van der Waals surface area contributed by atoms with Gasteiger partial charge in [-0.2, -0.15) is 0 Å². The van der Waals surface area contributed by atoms with Crippen molar-refractivity contribution >= 4 is 11.5 Å². The van der Waals surface area contributed by atoms with E-state index in [0.29, 0.717) is 26.2 Å². The number of amidine groups is 1. The molecule has 0 atom stereocenters. The van der Waals surface area contributed by atoms with Crippen molar-refractivity contribution in [2.45, 2.75) is 6.42 Å². The van der Waals surface area contributed by atoms with Crippen LogP contribution in [0.2, 0.25) is 0 Å². The summed E-state index contributed by atoms with van der Waals surface area (Å²) >= 11 is 0. The van der Waals surface area contributed by atoms with Crippen molar-refractivity contribution in [1.82, 2.24) is 0 Å². The van der Waals surface area contributed by atoms with Gasteiger partial charge in [0.1, 0.15) is 0 Å². The van der Waals surface area contributed by atoms with Crippen LogP contribution >= 0.6 is 0 Å². The number of hydrogen-bond acceptors (Lipinski definition) is 4. The Kier molecular flexibility index (Phi) is 7.62. The van der Waals surface area contributed by atoms with Crippen molar-refractivity contribution in [1.29, 1.82) is 5.41 Å². The Morgan fingerprint density at radius 1 is 1.16 bits per heavy atom. The maximum atomic E-state index is 7.32. The molecule has 0 aliphatic heterocycles. The zero-order chi connectivity index (χ0) is 13.9. The lowest BCUT2D eigenvalue weighted by molar-refractivity contribution is 0.0741. The van der Waals surface area contributed by atoms with Crippen LogP contribution in [0.4, 0.5) is 5.69 Å². The molecule has 0 bridgehead atoms. The summed E-state index contributed by atoms with van der Waals surface area (Å²) in [4.78, 5) is 2.17. The molecule has 0 aliphatic carbocycles. The molecule has 0 saturated heterocycles. The second-order valence-electron chi connectivity index (χ2n) is 4.20. The molecule has 0 fully saturated rings. The Balaban J connectivity index is 2.43. The van der Waals surface area contributed by atoms with Crippen LogP contribution in [0.3, 0.4) is 0 Å². The highest BCUT2D eigenvalue weighted by atomic mass is 16.5. The van der Waals surface area contributed by atoms with Gasteiger partial charge in [0.05, 0.1) is 25.7 Å². The minimum Gasteiger partial charge on any atom is -0.388 e. The lowest BCUT2D eigenvalue weighted by Crippen LogP contribution is -2.31. The Labute approximate surface area is 114 Å². The Morgan fingerprint density at radius 3 is 2.53 bits per heavy atom. The minimum absolute atomic E-state index is 0.209. The smallest absolute Gasteiger partial charge is 0.0923 e. The largest absolute Gasteiger partial charge is 0.388 e. The van der Waals surface area contributed by atoms with Crippen molar-refractivity contribution in [3.8, 4) is 0 Å². The molecule has 1 rings (SSSR count). The van der Waals surface area contributed by atoms with Gasteiger partial charge in [0.15, 0.2) is 0 Å². The van der Waals surface area contributed by atoms with Gasteiger partial charge in [-0.15, -0.1) is 0 Å². The number of hydrogen-bond donors (Lipinski definition) is 2. The summed E-state index contributed by atoms with van der Waals surface area (Å²) in [5, 5.41) is 7.32. The van der Waals surface area contributed by atoms with Gasteiger partial charge >= 0.3 is 0 Å². The van der Waals surface area contributed by atoms with E-state index in [1.54, 1.807) is 7.11 Å². The molecule has 0 spiro atoms. The monoisotopic (exact) mass is 265 g/mol. The van der Waals surface area contributed by atoms with Crippen LogP contribution in [-0.2, 0) is 9.47 Å². The molecule has 0 unspecified atom stereocenters. The normalized spacial score (nSPS) is 10.4. The van der Waals surface area contributed by atoms with E-state index in [1.807, 2.05) is 18.2 Å². The van der Waals surface area contributed by atoms with Crippen molar-refractivity contribution < 1.29 is 9.47 Å². The highest BCUT2D eigenvalue weighted by molar-refractivity contribution is 5.77. The second-order valence-corrected chi connectivity index (χ2v) is 4.20. The Hall–Kier alpha value is -1.59. The molecule has 0 heterocycles. The first-order valence-corrected chi connectivity index (χ1v) is 6.43. The van der Waals surface area contributed by atoms with Crippen LogP contribution in [0, 0.1) is 5.41 Å². The maximum Gasteiger partial charge on any atom is 0.0923 e. The third-order valence-corrected chi connectivity index (χ3v) is 2.71. The van der Waals surface area contributed by atoms with E-state index in [2.05, 4.69) is 17.0 Å². The van der Waals surface area contributed by atoms with Gasteiger partial charge in [-0.3, -0.25) is 5.41 Å². The first kappa shape index (κ1) is 15.5. The average Bonchev–Trinajstić information content (AvgIpc) is 2.42. The summed E-state index contributed by atoms with van der Waals surface area (Å²) in [5.41, 5.74) is 6.55. The molecular formula is C14H23N3O2. The highest BCUT2D eigenvalue weighted by Gasteiger charge is 2.06. The van der Waals surface area contributed by atoms with E-state index in [-0.39, 0.29) is 5.84 Å². The number of ether oxygens (including phenoxy) is 2. The van der Waals surface area contributed by atoms with Crippen molar-refractivity contribution in [2.24, 2.45) is 5.73 Å². The number of para-hydroxylation sites is 1. The number of rotatable bonds is 10. The molecule has 5 heteroatoms. The first-order chi connectivity index (χ1) is 9.24. The lowest BCUT2D eigenvalue weighted by Gasteiger charge is -2.24. The predicted octanol–water partition coefficient (Wildman–Crippen LogP) is 1.48. The zero-order valence-corrected chi connectivity index (χ0v) is 11.5. The fraction of sp³-hybridized carbons (Fsp3) is 0.500. The van der Waals surface area contributed by atoms with Gasteiger partial charge < -0.3 is 20.1 Å². The Morgan fingerprint density at radius 2 is 1.89 bits per heavy atom. The quantitative estimate of drug-likeness (QED) is 0.382. The average molecular weight is 265 g/mol. The molecule has 0 amide bonds. The standard InChI is InChI=1S/C14H23N3O2/c1-18-11-12-19-10-9-17(8-7-14(15)16)13-5-3-2-4-6-13/h2-6H,7-12H2,1H3,(H3,15,16). The summed E-state index contributed by atoms with van der Waals surface area (Å²) in [6.45, 7) is 3.36. The third kappa shape index (κ3) is 6.79. The maximum absolute atomic E-state index is 7.32. The molecule has 0 aromatic heterocycles. The molecule has 5 nitrogen and oxygen atoms in total. The zero-order valence-electron chi connectivity index (χ0n) is 11.5. The lowest BCUT2D eigenvalue weighted by atomic mass is 10.2. The minimum atomic E-state index is 0.209. The van der Waals surface area contributed by atoms with Crippen LogP contribution < -0.4 is 10.6 Å². The molecule has 19 heavy (non-hydrogen) atoms. The molecule has 0 radical (unpaired) electrons. The van der Waals surface area contributed by atoms with E-state index in [4.69, 9.17) is 20.6 Å². The number of methoxy groups -OCH3 is 1. The fourth-order valence-corrected chi connectivity index (χ4v) is 1.68. The van der Waals surface area contributed by atoms with Gasteiger partial charge in [0.2, 0.25) is 0 Å². The number of nitrogens with two attached hydrogens (primary N) is 1. The van der Waals surface area contributed by atoms with Crippen LogP contribution in [0.25, 0.3) is 0 Å². The molecule has 1 aromatic rings. The topological polar surface area (TPSA) is 71.6 Å². The van der Waals surface area contributed by atoms with Gasteiger partial charge in [-0.25, -0.2) is 0 Å². The summed E-state index contributed by atoms with van der Waals surface area (Å²) in [6.07, 6.45) is 0.562. The van der Waals surface area contributed by atoms with Crippen molar-refractivity contribution in [2.75, 3.05) is 44.9 Å². The van der Waals surface area contributed by atoms with Crippen LogP contribution in [-0.4, -0.2) is 45.9 Å². The molecule has 0 aliphatic rings. The van der Waals surface area contributed by atoms with Crippen LogP contribution in [0.15, 0.2) is 30.3 Å². The van der Waals surface area contributed by atoms with Crippen LogP contribution in [0.5, 0.6) is 0 Å². The Bertz CT molecular complexity index is 357. The van der Waals surface area contributed by atoms with Gasteiger partial charge in [0, 0.05) is 32.3 Å². The van der Waals surface area contributed by atoms with E-state index in [1.165, 1.54) is 0 Å². The van der Waals surface area contributed by atoms with Crippen molar-refractivity contribution in [3.05, 3.63) is 30.3 Å². The number of anilines is 1. The first-order valence-electron chi connectivity index (χ1n) is 6.43. The summed E-state index contributed by atoms with van der Waals surface area (Å²) in [6, 6.07) is 10.1. The number of benzene rings is 1. The summed E-state index contributed by atoms with van der Waals surface area (Å²) in [5.74, 6) is 0.209. The second kappa shape index (κ2) is 9.35. The summed E-state index contributed by atoms with van der Waals surface area (Å²) < 4.78 is 10.4. The highest BCUT2D eigenvalue weighted by Crippen LogP contribution is 2.13. The van der Waals surface area contributed by atoms with Crippen LogP contribution in [0.1, 0.15) is 6.42 Å². The number of nitrogens with zero attached hydrogens (tertiary/aromatic N) is 1. The third-order valence-electron chi connectivity index (χ3n) is 2.71. The van der Waals surface area contributed by atoms with E-state index in [9.17, 15) is 0 Å². The molecule has 0 saturated carbocycles. The summed E-state index contributed by atoms with van der Waals surface area (Å²) in [7, 11) is 1.66. The van der Waals surface area contributed by atoms with Gasteiger partial charge in [-0.05, 0) is 12.1 Å². The fourth-order valence-electron chi connectivity index (χ4n) is 1.68.